The number of aromatic nitrogens is 4. The summed E-state index contributed by atoms with van der Waals surface area (Å²) in [6.45, 7) is 3.92. The Morgan fingerprint density at radius 1 is 1.06 bits per heavy atom. The second-order valence-corrected chi connectivity index (χ2v) is 12.3. The van der Waals surface area contributed by atoms with Gasteiger partial charge in [0.05, 0.1) is 30.5 Å². The SMILES string of the molecule is COC1CCN(CC(=O)N2CC=C(c3ccc(-c4ncccn4)cc3)CC2)C1.O=CNc1ccc2[nH]nc(-c3ccc(F)c(NCCO)c3)c2c1. The zero-order chi connectivity index (χ0) is 35.6. The molecule has 2 amide bonds. The fourth-order valence-electron chi connectivity index (χ4n) is 6.25. The summed E-state index contributed by atoms with van der Waals surface area (Å²) in [7, 11) is 1.74. The van der Waals surface area contributed by atoms with Crippen molar-refractivity contribution in [3.63, 3.8) is 0 Å². The number of amides is 2. The van der Waals surface area contributed by atoms with Crippen molar-refractivity contribution in [2.24, 2.45) is 0 Å². The molecule has 2 aromatic heterocycles. The van der Waals surface area contributed by atoms with Crippen molar-refractivity contribution >= 4 is 40.2 Å². The van der Waals surface area contributed by atoms with Crippen molar-refractivity contribution in [3.05, 3.63) is 96.6 Å². The van der Waals surface area contributed by atoms with Crippen molar-refractivity contribution in [2.45, 2.75) is 18.9 Å². The minimum atomic E-state index is -0.398. The lowest BCUT2D eigenvalue weighted by Gasteiger charge is -2.28. The van der Waals surface area contributed by atoms with Crippen molar-refractivity contribution in [2.75, 3.05) is 63.6 Å². The minimum absolute atomic E-state index is 0.0876. The maximum atomic E-state index is 13.8. The van der Waals surface area contributed by atoms with Gasteiger partial charge in [-0.25, -0.2) is 14.4 Å². The highest BCUT2D eigenvalue weighted by atomic mass is 19.1. The molecule has 0 bridgehead atoms. The molecule has 4 N–H and O–H groups in total. The van der Waals surface area contributed by atoms with E-state index in [0.717, 1.165) is 60.3 Å². The summed E-state index contributed by atoms with van der Waals surface area (Å²) in [4.78, 5) is 35.9. The summed E-state index contributed by atoms with van der Waals surface area (Å²) >= 11 is 0. The Kier molecular flexibility index (Phi) is 11.7. The number of aromatic amines is 1. The number of nitrogens with one attached hydrogen (secondary N) is 3. The molecule has 2 aliphatic heterocycles. The maximum absolute atomic E-state index is 13.8. The third-order valence-corrected chi connectivity index (χ3v) is 9.02. The van der Waals surface area contributed by atoms with Crippen LogP contribution in [0.1, 0.15) is 18.4 Å². The predicted molar refractivity (Wildman–Crippen MR) is 195 cm³/mol. The quantitative estimate of drug-likeness (QED) is 0.143. The Labute approximate surface area is 295 Å². The van der Waals surface area contributed by atoms with Gasteiger partial charge in [-0.2, -0.15) is 5.10 Å². The number of benzene rings is 3. The number of halogens is 1. The molecule has 1 saturated heterocycles. The van der Waals surface area contributed by atoms with E-state index in [1.807, 2.05) is 17.0 Å². The third kappa shape index (κ3) is 8.81. The van der Waals surface area contributed by atoms with Crippen molar-refractivity contribution < 1.29 is 23.8 Å². The van der Waals surface area contributed by atoms with Gasteiger partial charge in [0.1, 0.15) is 11.5 Å². The third-order valence-electron chi connectivity index (χ3n) is 9.02. The second kappa shape index (κ2) is 16.9. The summed E-state index contributed by atoms with van der Waals surface area (Å²) in [5, 5.41) is 22.3. The van der Waals surface area contributed by atoms with Gasteiger partial charge >= 0.3 is 0 Å². The Morgan fingerprint density at radius 2 is 1.84 bits per heavy atom. The zero-order valence-corrected chi connectivity index (χ0v) is 28.4. The van der Waals surface area contributed by atoms with Crippen LogP contribution in [0.2, 0.25) is 0 Å². The molecule has 1 fully saturated rings. The van der Waals surface area contributed by atoms with Gasteiger partial charge in [-0.15, -0.1) is 0 Å². The van der Waals surface area contributed by atoms with E-state index in [0.29, 0.717) is 36.6 Å². The molecule has 3 aromatic carbocycles. The summed E-state index contributed by atoms with van der Waals surface area (Å²) in [6, 6.07) is 20.2. The highest BCUT2D eigenvalue weighted by Gasteiger charge is 2.26. The number of fused-ring (bicyclic) bond motifs is 1. The molecule has 0 spiro atoms. The van der Waals surface area contributed by atoms with Gasteiger partial charge in [0.25, 0.3) is 0 Å². The first-order valence-electron chi connectivity index (χ1n) is 16.9. The Hall–Kier alpha value is -5.50. The molecule has 1 unspecified atom stereocenters. The Bertz CT molecular complexity index is 1970. The summed E-state index contributed by atoms with van der Waals surface area (Å²) in [5.74, 6) is 0.551. The molecular weight excluding hydrogens is 651 g/mol. The fourth-order valence-corrected chi connectivity index (χ4v) is 6.25. The number of carbonyl (C=O) groups is 2. The average molecular weight is 693 g/mol. The first-order valence-corrected chi connectivity index (χ1v) is 16.9. The van der Waals surface area contributed by atoms with Gasteiger partial charge in [-0.3, -0.25) is 19.6 Å². The monoisotopic (exact) mass is 692 g/mol. The zero-order valence-electron chi connectivity index (χ0n) is 28.4. The van der Waals surface area contributed by atoms with Gasteiger partial charge in [0.15, 0.2) is 5.82 Å². The molecule has 4 heterocycles. The van der Waals surface area contributed by atoms with E-state index in [2.05, 4.69) is 66.0 Å². The molecule has 0 saturated carbocycles. The van der Waals surface area contributed by atoms with E-state index < -0.39 is 5.82 Å². The lowest BCUT2D eigenvalue weighted by atomic mass is 9.98. The molecule has 13 heteroatoms. The molecule has 0 aliphatic carbocycles. The lowest BCUT2D eigenvalue weighted by Crippen LogP contribution is -2.41. The van der Waals surface area contributed by atoms with Crippen LogP contribution in [0.15, 0.2) is 85.2 Å². The molecule has 12 nitrogen and oxygen atoms in total. The van der Waals surface area contributed by atoms with E-state index in [4.69, 9.17) is 9.84 Å². The molecule has 2 aliphatic rings. The van der Waals surface area contributed by atoms with Gasteiger partial charge in [0, 0.05) is 74.4 Å². The largest absolute Gasteiger partial charge is 0.395 e. The van der Waals surface area contributed by atoms with E-state index in [-0.39, 0.29) is 25.2 Å². The molecule has 5 aromatic rings. The number of H-pyrrole nitrogens is 1. The van der Waals surface area contributed by atoms with E-state index >= 15 is 0 Å². The van der Waals surface area contributed by atoms with Crippen molar-refractivity contribution in [1.29, 1.82) is 0 Å². The molecule has 7 rings (SSSR count). The topological polar surface area (TPSA) is 149 Å². The van der Waals surface area contributed by atoms with E-state index in [9.17, 15) is 14.0 Å². The molecule has 0 radical (unpaired) electrons. The molecule has 264 valence electrons. The van der Waals surface area contributed by atoms with Crippen LogP contribution in [0, 0.1) is 5.82 Å². The maximum Gasteiger partial charge on any atom is 0.237 e. The van der Waals surface area contributed by atoms with Crippen LogP contribution in [0.5, 0.6) is 0 Å². The number of likely N-dealkylation sites (tertiary alicyclic amines) is 1. The number of methoxy groups -OCH3 is 1. The summed E-state index contributed by atoms with van der Waals surface area (Å²) in [5.41, 5.74) is 6.65. The fraction of sp³-hybridized carbons (Fsp3) is 0.289. The van der Waals surface area contributed by atoms with Crippen LogP contribution < -0.4 is 10.6 Å². The summed E-state index contributed by atoms with van der Waals surface area (Å²) < 4.78 is 19.2. The first-order chi connectivity index (χ1) is 24.9. The highest BCUT2D eigenvalue weighted by Crippen LogP contribution is 2.31. The van der Waals surface area contributed by atoms with Gasteiger partial charge in [-0.05, 0) is 66.4 Å². The van der Waals surface area contributed by atoms with Crippen molar-refractivity contribution in [1.82, 2.24) is 30.0 Å². The highest BCUT2D eigenvalue weighted by molar-refractivity contribution is 5.96. The Morgan fingerprint density at radius 3 is 2.55 bits per heavy atom. The van der Waals surface area contributed by atoms with Crippen molar-refractivity contribution in [3.8, 4) is 22.6 Å². The van der Waals surface area contributed by atoms with Crippen LogP contribution in [-0.2, 0) is 14.3 Å². The lowest BCUT2D eigenvalue weighted by molar-refractivity contribution is -0.131. The Balaban J connectivity index is 0.000000179. The van der Waals surface area contributed by atoms with E-state index in [1.165, 1.54) is 17.2 Å². The van der Waals surface area contributed by atoms with Gasteiger partial charge in [-0.1, -0.05) is 30.3 Å². The number of anilines is 2. The van der Waals surface area contributed by atoms with Crippen LogP contribution in [0.3, 0.4) is 0 Å². The summed E-state index contributed by atoms with van der Waals surface area (Å²) in [6.07, 6.45) is 8.45. The number of nitrogens with zero attached hydrogens (tertiary/aromatic N) is 5. The number of hydrogen-bond acceptors (Lipinski definition) is 9. The van der Waals surface area contributed by atoms with Crippen LogP contribution in [0.25, 0.3) is 39.1 Å². The second-order valence-electron chi connectivity index (χ2n) is 12.3. The van der Waals surface area contributed by atoms with E-state index in [1.54, 1.807) is 43.8 Å². The molecule has 1 atom stereocenters. The minimum Gasteiger partial charge on any atom is -0.395 e. The van der Waals surface area contributed by atoms with Crippen LogP contribution >= 0.6 is 0 Å². The number of hydrogen-bond donors (Lipinski definition) is 4. The number of ether oxygens (including phenoxy) is 1. The average Bonchev–Trinajstić information content (AvgIpc) is 3.82. The number of aliphatic hydroxyl groups is 1. The number of aliphatic hydroxyl groups excluding tert-OH is 1. The van der Waals surface area contributed by atoms with Crippen LogP contribution in [0.4, 0.5) is 15.8 Å². The standard InChI is InChI=1S/C22H26N4O2.C16H15FN4O2/c1-28-20-9-12-25(15-20)16-21(27)26-13-7-18(8-14-26)17-3-5-19(6-4-17)22-23-10-2-11-24-22;17-13-3-1-10(7-15(13)18-5-6-22)16-12-8-11(19-9-23)2-4-14(12)20-21-16/h2-7,10-11,20H,8-9,12-16H2,1H3;1-4,7-9,18,22H,5-6H2,(H,19,23)(H,20,21). The molecular formula is C38H41FN8O4. The van der Waals surface area contributed by atoms with Crippen LogP contribution in [-0.4, -0.2) is 106 Å². The normalized spacial score (nSPS) is 15.9. The first kappa shape index (κ1) is 35.3. The predicted octanol–water partition coefficient (Wildman–Crippen LogP) is 4.82. The molecule has 51 heavy (non-hydrogen) atoms. The number of carbonyl (C=O) groups excluding carboxylic acids is 2. The smallest absolute Gasteiger partial charge is 0.237 e. The number of rotatable bonds is 11. The van der Waals surface area contributed by atoms with Gasteiger partial charge in [0.2, 0.25) is 12.3 Å². The van der Waals surface area contributed by atoms with Gasteiger partial charge < -0.3 is 25.4 Å².